The van der Waals surface area contributed by atoms with Crippen LogP contribution in [0.25, 0.3) is 10.9 Å². The molecule has 3 aromatic rings. The molecule has 7 nitrogen and oxygen atoms in total. The van der Waals surface area contributed by atoms with Crippen LogP contribution in [0.1, 0.15) is 44.2 Å². The van der Waals surface area contributed by atoms with Crippen molar-refractivity contribution in [2.75, 3.05) is 13.7 Å². The first-order chi connectivity index (χ1) is 15.5. The minimum absolute atomic E-state index is 0.0463. The van der Waals surface area contributed by atoms with Crippen molar-refractivity contribution in [3.63, 3.8) is 0 Å². The van der Waals surface area contributed by atoms with Crippen LogP contribution < -0.4 is 16.0 Å². The van der Waals surface area contributed by atoms with Gasteiger partial charge in [0.2, 0.25) is 5.91 Å². The number of hydrogen-bond acceptors (Lipinski definition) is 4. The third-order valence-corrected chi connectivity index (χ3v) is 6.32. The molecule has 2 heterocycles. The van der Waals surface area contributed by atoms with E-state index < -0.39 is 5.69 Å². The molecule has 1 saturated heterocycles. The number of benzene rings is 2. The Morgan fingerprint density at radius 1 is 1.00 bits per heavy atom. The number of likely N-dealkylation sites (tertiary alicyclic amines) is 1. The predicted octanol–water partition coefficient (Wildman–Crippen LogP) is 3.34. The second kappa shape index (κ2) is 9.42. The summed E-state index contributed by atoms with van der Waals surface area (Å²) in [5.41, 5.74) is 0.802. The molecule has 2 aromatic carbocycles. The van der Waals surface area contributed by atoms with Gasteiger partial charge in [-0.25, -0.2) is 4.79 Å². The normalized spacial score (nSPS) is 16.7. The second-order valence-corrected chi connectivity index (χ2v) is 8.16. The Labute approximate surface area is 186 Å². The van der Waals surface area contributed by atoms with E-state index in [1.165, 1.54) is 9.13 Å². The Balaban J connectivity index is 1.72. The number of methoxy groups -OCH3 is 1. The van der Waals surface area contributed by atoms with Gasteiger partial charge < -0.3 is 9.64 Å². The minimum Gasteiger partial charge on any atom is -0.497 e. The molecule has 1 fully saturated rings. The van der Waals surface area contributed by atoms with Crippen molar-refractivity contribution in [2.45, 2.75) is 51.7 Å². The van der Waals surface area contributed by atoms with Crippen LogP contribution >= 0.6 is 0 Å². The molecule has 0 bridgehead atoms. The Kier molecular flexibility index (Phi) is 6.44. The number of carbonyl (C=O) groups excluding carboxylic acids is 1. The summed E-state index contributed by atoms with van der Waals surface area (Å²) in [5.74, 6) is 0.668. The average Bonchev–Trinajstić information content (AvgIpc) is 3.08. The lowest BCUT2D eigenvalue weighted by molar-refractivity contribution is -0.134. The van der Waals surface area contributed by atoms with E-state index in [2.05, 4.69) is 0 Å². The van der Waals surface area contributed by atoms with Crippen molar-refractivity contribution in [3.8, 4) is 5.75 Å². The maximum atomic E-state index is 13.6. The molecular weight excluding hydrogens is 406 g/mol. The third-order valence-electron chi connectivity index (χ3n) is 6.32. The largest absolute Gasteiger partial charge is 0.497 e. The summed E-state index contributed by atoms with van der Waals surface area (Å²) >= 11 is 0. The van der Waals surface area contributed by atoms with Crippen molar-refractivity contribution in [3.05, 3.63) is 74.9 Å². The zero-order chi connectivity index (χ0) is 22.7. The number of carbonyl (C=O) groups is 1. The van der Waals surface area contributed by atoms with Crippen molar-refractivity contribution in [1.29, 1.82) is 0 Å². The Morgan fingerprint density at radius 2 is 1.75 bits per heavy atom. The summed E-state index contributed by atoms with van der Waals surface area (Å²) < 4.78 is 7.91. The zero-order valence-corrected chi connectivity index (χ0v) is 18.6. The first-order valence-corrected chi connectivity index (χ1v) is 11.2. The van der Waals surface area contributed by atoms with E-state index >= 15 is 0 Å². The third kappa shape index (κ3) is 4.07. The number of amides is 1. The molecule has 168 valence electrons. The number of fused-ring (bicyclic) bond motifs is 1. The molecule has 1 aromatic heterocycles. The molecule has 0 unspecified atom stereocenters. The fourth-order valence-electron chi connectivity index (χ4n) is 4.61. The van der Waals surface area contributed by atoms with E-state index in [4.69, 9.17) is 4.74 Å². The van der Waals surface area contributed by atoms with Crippen molar-refractivity contribution in [1.82, 2.24) is 14.0 Å². The van der Waals surface area contributed by atoms with Gasteiger partial charge in [0.1, 0.15) is 12.3 Å². The molecule has 0 spiro atoms. The number of rotatable bonds is 5. The molecule has 32 heavy (non-hydrogen) atoms. The van der Waals surface area contributed by atoms with Gasteiger partial charge in [-0.15, -0.1) is 0 Å². The molecule has 0 aliphatic carbocycles. The molecule has 1 atom stereocenters. The highest BCUT2D eigenvalue weighted by molar-refractivity contribution is 5.82. The lowest BCUT2D eigenvalue weighted by atomic mass is 10.0. The van der Waals surface area contributed by atoms with Gasteiger partial charge in [0.05, 0.1) is 24.1 Å². The molecule has 4 rings (SSSR count). The summed E-state index contributed by atoms with van der Waals surface area (Å²) in [6.45, 7) is 2.58. The van der Waals surface area contributed by atoms with Gasteiger partial charge in [0.25, 0.3) is 5.56 Å². The smallest absolute Gasteiger partial charge is 0.331 e. The van der Waals surface area contributed by atoms with Gasteiger partial charge in [-0.2, -0.15) is 0 Å². The summed E-state index contributed by atoms with van der Waals surface area (Å²) in [7, 11) is 1.63. The number of aromatic nitrogens is 2. The lowest BCUT2D eigenvalue weighted by Gasteiger charge is -2.31. The maximum Gasteiger partial charge on any atom is 0.331 e. The van der Waals surface area contributed by atoms with E-state index in [0.29, 0.717) is 17.4 Å². The van der Waals surface area contributed by atoms with E-state index in [0.717, 1.165) is 37.0 Å². The summed E-state index contributed by atoms with van der Waals surface area (Å²) in [6, 6.07) is 14.8. The van der Waals surface area contributed by atoms with E-state index in [1.54, 1.807) is 38.3 Å². The van der Waals surface area contributed by atoms with Gasteiger partial charge >= 0.3 is 5.69 Å². The van der Waals surface area contributed by atoms with Crippen LogP contribution in [0.15, 0.2) is 58.1 Å². The Morgan fingerprint density at radius 3 is 2.47 bits per heavy atom. The number of ether oxygens (including phenoxy) is 1. The molecular formula is C25H29N3O4. The first-order valence-electron chi connectivity index (χ1n) is 11.2. The molecule has 0 radical (unpaired) electrons. The molecule has 0 saturated carbocycles. The molecule has 1 aliphatic rings. The Bertz CT molecular complexity index is 1230. The highest BCUT2D eigenvalue weighted by Gasteiger charge is 2.28. The maximum absolute atomic E-state index is 13.6. The highest BCUT2D eigenvalue weighted by Crippen LogP contribution is 2.31. The van der Waals surface area contributed by atoms with Crippen LogP contribution in [0.4, 0.5) is 0 Å². The molecule has 1 amide bonds. The molecule has 7 heteroatoms. The summed E-state index contributed by atoms with van der Waals surface area (Å²) in [5, 5.41) is 0.448. The molecule has 0 N–H and O–H groups in total. The van der Waals surface area contributed by atoms with E-state index in [9.17, 15) is 14.4 Å². The van der Waals surface area contributed by atoms with Crippen LogP contribution in [-0.2, 0) is 17.9 Å². The number of nitrogens with zero attached hydrogens (tertiary/aromatic N) is 3. The van der Waals surface area contributed by atoms with Crippen LogP contribution in [0.2, 0.25) is 0 Å². The monoisotopic (exact) mass is 435 g/mol. The van der Waals surface area contributed by atoms with E-state index in [-0.39, 0.29) is 30.6 Å². The topological polar surface area (TPSA) is 73.5 Å². The first kappa shape index (κ1) is 21.9. The van der Waals surface area contributed by atoms with Gasteiger partial charge in [-0.1, -0.05) is 37.1 Å². The quantitative estimate of drug-likeness (QED) is 0.616. The van der Waals surface area contributed by atoms with Gasteiger partial charge in [-0.05, 0) is 49.6 Å². The number of para-hydroxylation sites is 1. The van der Waals surface area contributed by atoms with Crippen molar-refractivity contribution < 1.29 is 9.53 Å². The van der Waals surface area contributed by atoms with Gasteiger partial charge in [0.15, 0.2) is 0 Å². The second-order valence-electron chi connectivity index (χ2n) is 8.16. The zero-order valence-electron chi connectivity index (χ0n) is 18.6. The van der Waals surface area contributed by atoms with Crippen LogP contribution in [-0.4, -0.2) is 33.6 Å². The standard InChI is InChI=1S/C25H29N3O4/c1-3-26-24(30)20-9-6-7-11-22(20)28(25(26)31)17-23(29)27-16-8-4-5-10-21(27)18-12-14-19(32-2)15-13-18/h6-7,9,11-15,21H,3-5,8,10,16-17H2,1-2H3/t21-/m1/s1. The highest BCUT2D eigenvalue weighted by atomic mass is 16.5. The van der Waals surface area contributed by atoms with Crippen LogP contribution in [0.3, 0.4) is 0 Å². The van der Waals surface area contributed by atoms with Crippen LogP contribution in [0.5, 0.6) is 5.75 Å². The van der Waals surface area contributed by atoms with E-state index in [1.807, 2.05) is 29.2 Å². The lowest BCUT2D eigenvalue weighted by Crippen LogP contribution is -2.44. The summed E-state index contributed by atoms with van der Waals surface area (Å²) in [4.78, 5) is 41.2. The number of hydrogen-bond donors (Lipinski definition) is 0. The molecule has 1 aliphatic heterocycles. The van der Waals surface area contributed by atoms with Gasteiger partial charge in [-0.3, -0.25) is 18.7 Å². The fourth-order valence-corrected chi connectivity index (χ4v) is 4.61. The SMILES string of the molecule is CCn1c(=O)c2ccccc2n(CC(=O)N2CCCCC[C@@H]2c2ccc(OC)cc2)c1=O. The fraction of sp³-hybridized carbons (Fsp3) is 0.400. The van der Waals surface area contributed by atoms with Crippen LogP contribution in [0, 0.1) is 0 Å². The Hall–Kier alpha value is -3.35. The van der Waals surface area contributed by atoms with Gasteiger partial charge in [0, 0.05) is 13.1 Å². The summed E-state index contributed by atoms with van der Waals surface area (Å²) in [6.07, 6.45) is 3.93. The average molecular weight is 436 g/mol. The van der Waals surface area contributed by atoms with Crippen molar-refractivity contribution in [2.24, 2.45) is 0 Å². The predicted molar refractivity (Wildman–Crippen MR) is 124 cm³/mol. The minimum atomic E-state index is -0.444. The van der Waals surface area contributed by atoms with Crippen molar-refractivity contribution >= 4 is 16.8 Å².